The first kappa shape index (κ1) is 21.3. The van der Waals surface area contributed by atoms with E-state index in [4.69, 9.17) is 10.5 Å². The van der Waals surface area contributed by atoms with E-state index in [-0.39, 0.29) is 29.6 Å². The van der Waals surface area contributed by atoms with Crippen LogP contribution in [0.25, 0.3) is 0 Å². The molecule has 0 aromatic heterocycles. The van der Waals surface area contributed by atoms with Crippen molar-refractivity contribution in [3.63, 3.8) is 0 Å². The summed E-state index contributed by atoms with van der Waals surface area (Å²) in [6.45, 7) is 1.97. The Bertz CT molecular complexity index is 601. The molecular formula is C18H28ClN3O3. The molecule has 0 bridgehead atoms. The Balaban J connectivity index is 0.00000312. The van der Waals surface area contributed by atoms with Crippen LogP contribution in [0.3, 0.4) is 0 Å². The lowest BCUT2D eigenvalue weighted by atomic mass is 9.71. The molecule has 0 heterocycles. The van der Waals surface area contributed by atoms with Crippen molar-refractivity contribution in [1.82, 2.24) is 0 Å². The maximum Gasteiger partial charge on any atom is 0.224 e. The maximum absolute atomic E-state index is 12.4. The summed E-state index contributed by atoms with van der Waals surface area (Å²) in [7, 11) is 1.53. The first-order valence-corrected chi connectivity index (χ1v) is 8.43. The van der Waals surface area contributed by atoms with E-state index >= 15 is 0 Å². The zero-order valence-corrected chi connectivity index (χ0v) is 15.7. The summed E-state index contributed by atoms with van der Waals surface area (Å²) in [5.41, 5.74) is 7.05. The number of hydrogen-bond acceptors (Lipinski definition) is 4. The number of ether oxygens (including phenoxy) is 1. The highest BCUT2D eigenvalue weighted by Crippen LogP contribution is 2.38. The van der Waals surface area contributed by atoms with Crippen molar-refractivity contribution in [1.29, 1.82) is 0 Å². The van der Waals surface area contributed by atoms with Gasteiger partial charge in [0.25, 0.3) is 0 Å². The van der Waals surface area contributed by atoms with Crippen LogP contribution < -0.4 is 21.1 Å². The number of nitrogens with two attached hydrogens (primary N) is 1. The molecule has 0 unspecified atom stereocenters. The van der Waals surface area contributed by atoms with Crippen molar-refractivity contribution in [2.45, 2.75) is 45.4 Å². The Labute approximate surface area is 155 Å². The molecule has 0 aliphatic heterocycles. The number of carbonyl (C=O) groups is 2. The van der Waals surface area contributed by atoms with Crippen LogP contribution in [0, 0.1) is 5.41 Å². The molecule has 2 rings (SSSR count). The summed E-state index contributed by atoms with van der Waals surface area (Å²) >= 11 is 0. The molecule has 0 saturated heterocycles. The number of amides is 2. The van der Waals surface area contributed by atoms with E-state index in [0.717, 1.165) is 25.7 Å². The molecule has 1 fully saturated rings. The van der Waals surface area contributed by atoms with Crippen molar-refractivity contribution < 1.29 is 14.3 Å². The lowest BCUT2D eigenvalue weighted by Gasteiger charge is -2.35. The largest absolute Gasteiger partial charge is 0.495 e. The number of benzene rings is 1. The van der Waals surface area contributed by atoms with E-state index in [0.29, 0.717) is 30.1 Å². The average molecular weight is 370 g/mol. The highest BCUT2D eigenvalue weighted by atomic mass is 35.5. The Morgan fingerprint density at radius 3 is 2.44 bits per heavy atom. The third kappa shape index (κ3) is 5.90. The van der Waals surface area contributed by atoms with Gasteiger partial charge in [-0.2, -0.15) is 0 Å². The smallest absolute Gasteiger partial charge is 0.224 e. The van der Waals surface area contributed by atoms with Crippen molar-refractivity contribution in [3.05, 3.63) is 18.2 Å². The number of anilines is 2. The third-order valence-electron chi connectivity index (χ3n) is 4.68. The molecule has 4 N–H and O–H groups in total. The van der Waals surface area contributed by atoms with Crippen LogP contribution >= 0.6 is 12.4 Å². The second kappa shape index (κ2) is 9.63. The second-order valence-electron chi connectivity index (χ2n) is 6.59. The van der Waals surface area contributed by atoms with Crippen LogP contribution in [0.1, 0.15) is 45.4 Å². The summed E-state index contributed by atoms with van der Waals surface area (Å²) in [6.07, 6.45) is 5.96. The van der Waals surface area contributed by atoms with Gasteiger partial charge in [-0.15, -0.1) is 12.4 Å². The minimum absolute atomic E-state index is 0. The Morgan fingerprint density at radius 2 is 1.88 bits per heavy atom. The SMILES string of the molecule is COc1ccc(NC(=O)CC2(CN)CCCCC2)cc1NC(C)=O.Cl. The monoisotopic (exact) mass is 369 g/mol. The number of carbonyl (C=O) groups excluding carboxylic acids is 2. The maximum atomic E-state index is 12.4. The molecular weight excluding hydrogens is 342 g/mol. The van der Waals surface area contributed by atoms with E-state index in [1.54, 1.807) is 18.2 Å². The molecule has 1 aromatic carbocycles. The molecule has 0 radical (unpaired) electrons. The molecule has 25 heavy (non-hydrogen) atoms. The van der Waals surface area contributed by atoms with E-state index < -0.39 is 0 Å². The first-order chi connectivity index (χ1) is 11.5. The molecule has 0 atom stereocenters. The fraction of sp³-hybridized carbons (Fsp3) is 0.556. The van der Waals surface area contributed by atoms with Gasteiger partial charge in [0.2, 0.25) is 11.8 Å². The van der Waals surface area contributed by atoms with Crippen LogP contribution in [0.5, 0.6) is 5.75 Å². The zero-order chi connectivity index (χ0) is 17.6. The van der Waals surface area contributed by atoms with Crippen LogP contribution in [0.15, 0.2) is 18.2 Å². The molecule has 1 aliphatic rings. The van der Waals surface area contributed by atoms with Crippen molar-refractivity contribution in [2.24, 2.45) is 11.1 Å². The second-order valence-corrected chi connectivity index (χ2v) is 6.59. The number of halogens is 1. The first-order valence-electron chi connectivity index (χ1n) is 8.43. The predicted octanol–water partition coefficient (Wildman–Crippen LogP) is 3.31. The van der Waals surface area contributed by atoms with E-state index in [1.165, 1.54) is 20.5 Å². The summed E-state index contributed by atoms with van der Waals surface area (Å²) < 4.78 is 5.22. The molecule has 2 amide bonds. The standard InChI is InChI=1S/C18H27N3O3.ClH/c1-13(22)20-15-10-14(6-7-16(15)24-2)21-17(23)11-18(12-19)8-4-3-5-9-18;/h6-7,10H,3-5,8-9,11-12,19H2,1-2H3,(H,20,22)(H,21,23);1H. The third-order valence-corrected chi connectivity index (χ3v) is 4.68. The van der Waals surface area contributed by atoms with Gasteiger partial charge >= 0.3 is 0 Å². The van der Waals surface area contributed by atoms with Crippen molar-refractivity contribution in [2.75, 3.05) is 24.3 Å². The summed E-state index contributed by atoms with van der Waals surface area (Å²) in [5.74, 6) is 0.316. The Kier molecular flexibility index (Phi) is 8.19. The molecule has 140 valence electrons. The minimum Gasteiger partial charge on any atom is -0.495 e. The van der Waals surface area contributed by atoms with E-state index in [1.807, 2.05) is 0 Å². The molecule has 1 aromatic rings. The van der Waals surface area contributed by atoms with Crippen molar-refractivity contribution >= 4 is 35.6 Å². The molecule has 7 heteroatoms. The lowest BCUT2D eigenvalue weighted by molar-refractivity contribution is -0.119. The van der Waals surface area contributed by atoms with Gasteiger partial charge in [-0.1, -0.05) is 19.3 Å². The molecule has 6 nitrogen and oxygen atoms in total. The van der Waals surface area contributed by atoms with Gasteiger partial charge in [-0.3, -0.25) is 9.59 Å². The minimum atomic E-state index is -0.193. The average Bonchev–Trinajstić information content (AvgIpc) is 2.55. The fourth-order valence-corrected chi connectivity index (χ4v) is 3.37. The zero-order valence-electron chi connectivity index (χ0n) is 14.9. The Hall–Kier alpha value is -1.79. The summed E-state index contributed by atoms with van der Waals surface area (Å²) in [6, 6.07) is 5.19. The highest BCUT2D eigenvalue weighted by Gasteiger charge is 2.32. The Morgan fingerprint density at radius 1 is 1.20 bits per heavy atom. The van der Waals surface area contributed by atoms with Gasteiger partial charge in [0.05, 0.1) is 12.8 Å². The van der Waals surface area contributed by atoms with Gasteiger partial charge in [-0.25, -0.2) is 0 Å². The van der Waals surface area contributed by atoms with Gasteiger partial charge in [0, 0.05) is 19.0 Å². The van der Waals surface area contributed by atoms with Gasteiger partial charge in [-0.05, 0) is 43.0 Å². The van der Waals surface area contributed by atoms with Crippen LogP contribution in [-0.2, 0) is 9.59 Å². The van der Waals surface area contributed by atoms with E-state index in [2.05, 4.69) is 10.6 Å². The number of methoxy groups -OCH3 is 1. The molecule has 1 aliphatic carbocycles. The van der Waals surface area contributed by atoms with Gasteiger partial charge < -0.3 is 21.1 Å². The highest BCUT2D eigenvalue weighted by molar-refractivity contribution is 5.94. The predicted molar refractivity (Wildman–Crippen MR) is 102 cm³/mol. The van der Waals surface area contributed by atoms with Crippen LogP contribution in [-0.4, -0.2) is 25.5 Å². The summed E-state index contributed by atoms with van der Waals surface area (Å²) in [5, 5.41) is 5.61. The topological polar surface area (TPSA) is 93.4 Å². The molecule has 1 saturated carbocycles. The van der Waals surface area contributed by atoms with Crippen LogP contribution in [0.4, 0.5) is 11.4 Å². The number of hydrogen-bond donors (Lipinski definition) is 3. The van der Waals surface area contributed by atoms with E-state index in [9.17, 15) is 9.59 Å². The van der Waals surface area contributed by atoms with Gasteiger partial charge in [0.1, 0.15) is 5.75 Å². The number of nitrogens with one attached hydrogen (secondary N) is 2. The summed E-state index contributed by atoms with van der Waals surface area (Å²) in [4.78, 5) is 23.7. The van der Waals surface area contributed by atoms with Crippen LogP contribution in [0.2, 0.25) is 0 Å². The number of rotatable bonds is 6. The normalized spacial score (nSPS) is 15.6. The van der Waals surface area contributed by atoms with Gasteiger partial charge in [0.15, 0.2) is 0 Å². The molecule has 0 spiro atoms. The lowest BCUT2D eigenvalue weighted by Crippen LogP contribution is -2.36. The van der Waals surface area contributed by atoms with Crippen molar-refractivity contribution in [3.8, 4) is 5.75 Å². The quantitative estimate of drug-likeness (QED) is 0.717. The fourth-order valence-electron chi connectivity index (χ4n) is 3.37.